The Bertz CT molecular complexity index is 482. The van der Waals surface area contributed by atoms with E-state index in [9.17, 15) is 0 Å². The number of hydrogen-bond donors (Lipinski definition) is 0. The number of rotatable bonds is 12. The van der Waals surface area contributed by atoms with Crippen molar-refractivity contribution in [1.29, 1.82) is 0 Å². The van der Waals surface area contributed by atoms with Gasteiger partial charge in [-0.2, -0.15) is 0 Å². The summed E-state index contributed by atoms with van der Waals surface area (Å²) in [4.78, 5) is 0. The summed E-state index contributed by atoms with van der Waals surface area (Å²) in [5.74, 6) is 0.769. The van der Waals surface area contributed by atoms with Crippen molar-refractivity contribution in [2.75, 3.05) is 0 Å². The van der Waals surface area contributed by atoms with Crippen LogP contribution in [0, 0.1) is 5.92 Å². The van der Waals surface area contributed by atoms with E-state index in [4.69, 9.17) is 0 Å². The molecule has 0 aromatic carbocycles. The first-order valence-corrected chi connectivity index (χ1v) is 9.68. The van der Waals surface area contributed by atoms with Gasteiger partial charge in [-0.25, -0.2) is 0 Å². The fourth-order valence-electron chi connectivity index (χ4n) is 3.17. The Morgan fingerprint density at radius 3 is 2.08 bits per heavy atom. The summed E-state index contributed by atoms with van der Waals surface area (Å²) in [5.41, 5.74) is 6.59. The van der Waals surface area contributed by atoms with Crippen LogP contribution in [0.2, 0.25) is 0 Å². The smallest absolute Gasteiger partial charge is 0.0279 e. The molecule has 0 aromatic heterocycles. The molecule has 0 saturated carbocycles. The Kier molecular flexibility index (Phi) is 12.3. The maximum absolute atomic E-state index is 4.24. The van der Waals surface area contributed by atoms with Gasteiger partial charge in [0.05, 0.1) is 0 Å². The molecule has 0 heterocycles. The summed E-state index contributed by atoms with van der Waals surface area (Å²) in [6.07, 6.45) is 15.3. The van der Waals surface area contributed by atoms with Gasteiger partial charge in [0, 0.05) is 0 Å². The van der Waals surface area contributed by atoms with Gasteiger partial charge in [0.25, 0.3) is 0 Å². The van der Waals surface area contributed by atoms with Crippen LogP contribution in [-0.2, 0) is 0 Å². The first kappa shape index (κ1) is 22.7. The molecule has 136 valence electrons. The van der Waals surface area contributed by atoms with Crippen molar-refractivity contribution in [3.8, 4) is 0 Å². The minimum absolute atomic E-state index is 0.769. The van der Waals surface area contributed by atoms with E-state index in [1.807, 2.05) is 0 Å². The molecule has 24 heavy (non-hydrogen) atoms. The Balaban J connectivity index is 4.81. The standard InChI is InChI=1S/C24H40/c1-9-12-20(6)17-21(7)22(8)18-23(11-3)14-15-24(13-10-2)16-19(4)5/h11,17-18,24H,4,7,9-10,12-16H2,1-3,5-6,8H3/b20-17-,22-18+,23-11-. The second kappa shape index (κ2) is 13.0. The van der Waals surface area contributed by atoms with E-state index in [2.05, 4.69) is 72.9 Å². The van der Waals surface area contributed by atoms with Crippen molar-refractivity contribution in [3.05, 3.63) is 59.3 Å². The highest BCUT2D eigenvalue weighted by Crippen LogP contribution is 2.25. The van der Waals surface area contributed by atoms with Crippen LogP contribution >= 0.6 is 0 Å². The van der Waals surface area contributed by atoms with Crippen LogP contribution in [0.3, 0.4) is 0 Å². The van der Waals surface area contributed by atoms with Crippen molar-refractivity contribution in [1.82, 2.24) is 0 Å². The van der Waals surface area contributed by atoms with E-state index in [1.165, 1.54) is 54.4 Å². The highest BCUT2D eigenvalue weighted by Gasteiger charge is 2.09. The van der Waals surface area contributed by atoms with E-state index in [1.54, 1.807) is 0 Å². The fourth-order valence-corrected chi connectivity index (χ4v) is 3.17. The topological polar surface area (TPSA) is 0 Å². The third-order valence-electron chi connectivity index (χ3n) is 4.52. The molecule has 0 fully saturated rings. The summed E-state index contributed by atoms with van der Waals surface area (Å²) < 4.78 is 0. The van der Waals surface area contributed by atoms with Crippen LogP contribution < -0.4 is 0 Å². The van der Waals surface area contributed by atoms with E-state index >= 15 is 0 Å². The van der Waals surface area contributed by atoms with Crippen LogP contribution in [0.15, 0.2) is 59.3 Å². The number of allylic oxidation sites excluding steroid dienone is 8. The quantitative estimate of drug-likeness (QED) is 0.249. The average molecular weight is 329 g/mol. The maximum Gasteiger partial charge on any atom is -0.0279 e. The molecular weight excluding hydrogens is 288 g/mol. The summed E-state index contributed by atoms with van der Waals surface area (Å²) in [7, 11) is 0. The summed E-state index contributed by atoms with van der Waals surface area (Å²) >= 11 is 0. The lowest BCUT2D eigenvalue weighted by atomic mass is 9.89. The SMILES string of the molecule is C=C(C)CC(CCC)CCC(=C/C)/C=C(\C)C(=C)/C=C(/C)CCC. The van der Waals surface area contributed by atoms with Crippen LogP contribution in [-0.4, -0.2) is 0 Å². The monoisotopic (exact) mass is 328 g/mol. The molecule has 0 saturated heterocycles. The zero-order valence-corrected chi connectivity index (χ0v) is 17.2. The van der Waals surface area contributed by atoms with Gasteiger partial charge < -0.3 is 0 Å². The van der Waals surface area contributed by atoms with Crippen molar-refractivity contribution >= 4 is 0 Å². The minimum atomic E-state index is 0.769. The van der Waals surface area contributed by atoms with Crippen LogP contribution in [0.5, 0.6) is 0 Å². The summed E-state index contributed by atoms with van der Waals surface area (Å²) in [6, 6.07) is 0. The normalized spacial score (nSPS) is 14.7. The van der Waals surface area contributed by atoms with Gasteiger partial charge in [0.2, 0.25) is 0 Å². The summed E-state index contributed by atoms with van der Waals surface area (Å²) in [5, 5.41) is 0. The van der Waals surface area contributed by atoms with Crippen LogP contribution in [0.4, 0.5) is 0 Å². The Hall–Kier alpha value is -1.30. The molecule has 1 atom stereocenters. The van der Waals surface area contributed by atoms with Gasteiger partial charge in [-0.15, -0.1) is 6.58 Å². The van der Waals surface area contributed by atoms with Gasteiger partial charge >= 0.3 is 0 Å². The molecule has 0 N–H and O–H groups in total. The van der Waals surface area contributed by atoms with Gasteiger partial charge in [-0.3, -0.25) is 0 Å². The Labute approximate surface area is 152 Å². The van der Waals surface area contributed by atoms with E-state index in [0.29, 0.717) is 0 Å². The van der Waals surface area contributed by atoms with Gasteiger partial charge in [-0.05, 0) is 70.4 Å². The molecule has 0 radical (unpaired) electrons. The third kappa shape index (κ3) is 10.5. The molecule has 0 heteroatoms. The van der Waals surface area contributed by atoms with Crippen molar-refractivity contribution in [2.45, 2.75) is 86.5 Å². The highest BCUT2D eigenvalue weighted by atomic mass is 14.1. The van der Waals surface area contributed by atoms with E-state index in [0.717, 1.165) is 24.3 Å². The fraction of sp³-hybridized carbons (Fsp3) is 0.583. The predicted molar refractivity (Wildman–Crippen MR) is 112 cm³/mol. The first-order valence-electron chi connectivity index (χ1n) is 9.68. The van der Waals surface area contributed by atoms with Crippen molar-refractivity contribution < 1.29 is 0 Å². The zero-order valence-electron chi connectivity index (χ0n) is 17.2. The lowest BCUT2D eigenvalue weighted by Gasteiger charge is -2.16. The lowest BCUT2D eigenvalue weighted by molar-refractivity contribution is 0.443. The minimum Gasteiger partial charge on any atom is -0.100 e. The molecule has 1 unspecified atom stereocenters. The molecule has 0 rings (SSSR count). The van der Waals surface area contributed by atoms with Gasteiger partial charge in [-0.1, -0.05) is 74.6 Å². The average Bonchev–Trinajstić information content (AvgIpc) is 2.50. The molecule has 0 aromatic rings. The second-order valence-corrected chi connectivity index (χ2v) is 7.31. The largest absolute Gasteiger partial charge is 0.100 e. The Morgan fingerprint density at radius 1 is 0.917 bits per heavy atom. The van der Waals surface area contributed by atoms with E-state index < -0.39 is 0 Å². The lowest BCUT2D eigenvalue weighted by Crippen LogP contribution is -2.01. The first-order chi connectivity index (χ1) is 11.3. The predicted octanol–water partition coefficient (Wildman–Crippen LogP) is 8.34. The molecule has 0 nitrogen and oxygen atoms in total. The molecule has 0 bridgehead atoms. The van der Waals surface area contributed by atoms with Gasteiger partial charge in [0.1, 0.15) is 0 Å². The van der Waals surface area contributed by atoms with Crippen molar-refractivity contribution in [2.24, 2.45) is 5.92 Å². The van der Waals surface area contributed by atoms with Crippen molar-refractivity contribution in [3.63, 3.8) is 0 Å². The zero-order chi connectivity index (χ0) is 18.5. The van der Waals surface area contributed by atoms with E-state index in [-0.39, 0.29) is 0 Å². The summed E-state index contributed by atoms with van der Waals surface area (Å²) in [6.45, 7) is 21.5. The number of hydrogen-bond acceptors (Lipinski definition) is 0. The second-order valence-electron chi connectivity index (χ2n) is 7.31. The molecular formula is C24H40. The highest BCUT2D eigenvalue weighted by molar-refractivity contribution is 5.41. The molecule has 0 aliphatic carbocycles. The Morgan fingerprint density at radius 2 is 1.58 bits per heavy atom. The molecule has 0 aliphatic heterocycles. The molecule has 0 aliphatic rings. The third-order valence-corrected chi connectivity index (χ3v) is 4.52. The van der Waals surface area contributed by atoms with Crippen LogP contribution in [0.1, 0.15) is 86.5 Å². The van der Waals surface area contributed by atoms with Gasteiger partial charge in [0.15, 0.2) is 0 Å². The maximum atomic E-state index is 4.24. The molecule has 0 spiro atoms. The molecule has 0 amide bonds. The van der Waals surface area contributed by atoms with Crippen LogP contribution in [0.25, 0.3) is 0 Å².